The largest absolute Gasteiger partial charge is 0.352 e. The molecule has 0 saturated carbocycles. The number of anilines is 2. The number of rotatable bonds is 2. The first kappa shape index (κ1) is 14.4. The molecule has 0 spiro atoms. The first-order valence-corrected chi connectivity index (χ1v) is 8.85. The Kier molecular flexibility index (Phi) is 3.34. The SMILES string of the molecule is c1ccc2c(N3CCN(c4cccc5ccccc45)C3)cccc2c1. The minimum absolute atomic E-state index is 0.933. The fourth-order valence-corrected chi connectivity index (χ4v) is 3.95. The second-order valence-electron chi connectivity index (χ2n) is 6.66. The van der Waals surface area contributed by atoms with Crippen molar-refractivity contribution >= 4 is 32.9 Å². The standard InChI is InChI=1S/C23H20N2/c1-3-11-20-18(7-1)9-5-13-22(20)24-15-16-25(17-24)23-14-6-10-19-8-2-4-12-21(19)23/h1-14H,15-17H2. The van der Waals surface area contributed by atoms with E-state index in [0.29, 0.717) is 0 Å². The molecule has 2 heteroatoms. The lowest BCUT2D eigenvalue weighted by Crippen LogP contribution is -2.25. The molecule has 0 unspecified atom stereocenters. The summed E-state index contributed by atoms with van der Waals surface area (Å²) in [7, 11) is 0. The molecule has 1 heterocycles. The fraction of sp³-hybridized carbons (Fsp3) is 0.130. The minimum atomic E-state index is 0.933. The highest BCUT2D eigenvalue weighted by Crippen LogP contribution is 2.32. The van der Waals surface area contributed by atoms with Crippen molar-refractivity contribution in [3.63, 3.8) is 0 Å². The molecule has 25 heavy (non-hydrogen) atoms. The van der Waals surface area contributed by atoms with Crippen LogP contribution in [0.4, 0.5) is 11.4 Å². The zero-order chi connectivity index (χ0) is 16.6. The molecule has 1 saturated heterocycles. The molecule has 0 amide bonds. The van der Waals surface area contributed by atoms with Gasteiger partial charge in [-0.15, -0.1) is 0 Å². The van der Waals surface area contributed by atoms with Gasteiger partial charge in [0.1, 0.15) is 0 Å². The summed E-state index contributed by atoms with van der Waals surface area (Å²) in [5.74, 6) is 0. The van der Waals surface area contributed by atoms with Gasteiger partial charge in [-0.3, -0.25) is 0 Å². The molecular weight excluding hydrogens is 304 g/mol. The van der Waals surface area contributed by atoms with Gasteiger partial charge in [0, 0.05) is 35.2 Å². The summed E-state index contributed by atoms with van der Waals surface area (Å²) in [5, 5.41) is 5.29. The predicted octanol–water partition coefficient (Wildman–Crippen LogP) is 5.28. The Morgan fingerprint density at radius 3 is 1.44 bits per heavy atom. The normalized spacial score (nSPS) is 14.6. The Hall–Kier alpha value is -3.00. The van der Waals surface area contributed by atoms with E-state index in [-0.39, 0.29) is 0 Å². The molecule has 0 N–H and O–H groups in total. The van der Waals surface area contributed by atoms with Gasteiger partial charge >= 0.3 is 0 Å². The van der Waals surface area contributed by atoms with Crippen LogP contribution in [0.2, 0.25) is 0 Å². The third-order valence-corrected chi connectivity index (χ3v) is 5.20. The molecule has 1 fully saturated rings. The highest BCUT2D eigenvalue weighted by molar-refractivity contribution is 5.96. The Balaban J connectivity index is 1.52. The lowest BCUT2D eigenvalue weighted by Gasteiger charge is -2.23. The smallest absolute Gasteiger partial charge is 0.0904 e. The molecule has 5 rings (SSSR count). The summed E-state index contributed by atoms with van der Waals surface area (Å²) in [6.07, 6.45) is 0. The third kappa shape index (κ3) is 2.42. The highest BCUT2D eigenvalue weighted by Gasteiger charge is 2.22. The summed E-state index contributed by atoms with van der Waals surface area (Å²) >= 11 is 0. The maximum Gasteiger partial charge on any atom is 0.0904 e. The van der Waals surface area contributed by atoms with E-state index in [0.717, 1.165) is 19.8 Å². The molecule has 1 aliphatic heterocycles. The van der Waals surface area contributed by atoms with Crippen molar-refractivity contribution < 1.29 is 0 Å². The van der Waals surface area contributed by atoms with E-state index in [4.69, 9.17) is 0 Å². The van der Waals surface area contributed by atoms with Gasteiger partial charge in [-0.25, -0.2) is 0 Å². The van der Waals surface area contributed by atoms with E-state index in [1.807, 2.05) is 0 Å². The molecule has 0 radical (unpaired) electrons. The topological polar surface area (TPSA) is 6.48 Å². The second kappa shape index (κ2) is 5.82. The maximum absolute atomic E-state index is 2.49. The third-order valence-electron chi connectivity index (χ3n) is 5.20. The van der Waals surface area contributed by atoms with Gasteiger partial charge in [0.25, 0.3) is 0 Å². The molecule has 4 aromatic carbocycles. The number of fused-ring (bicyclic) bond motifs is 2. The van der Waals surface area contributed by atoms with Crippen LogP contribution in [-0.2, 0) is 0 Å². The average molecular weight is 324 g/mol. The van der Waals surface area contributed by atoms with Crippen molar-refractivity contribution in [1.29, 1.82) is 0 Å². The van der Waals surface area contributed by atoms with Gasteiger partial charge in [0.05, 0.1) is 6.67 Å². The van der Waals surface area contributed by atoms with Crippen molar-refractivity contribution in [2.45, 2.75) is 0 Å². The van der Waals surface area contributed by atoms with Gasteiger partial charge < -0.3 is 9.80 Å². The Bertz CT molecular complexity index is 958. The molecule has 0 bridgehead atoms. The number of hydrogen-bond acceptors (Lipinski definition) is 2. The highest BCUT2D eigenvalue weighted by atomic mass is 15.4. The predicted molar refractivity (Wildman–Crippen MR) is 107 cm³/mol. The second-order valence-corrected chi connectivity index (χ2v) is 6.66. The number of benzene rings is 4. The van der Waals surface area contributed by atoms with E-state index in [9.17, 15) is 0 Å². The minimum Gasteiger partial charge on any atom is -0.352 e. The summed E-state index contributed by atoms with van der Waals surface area (Å²) in [4.78, 5) is 4.98. The van der Waals surface area contributed by atoms with Crippen LogP contribution in [0, 0.1) is 0 Å². The van der Waals surface area contributed by atoms with Crippen molar-refractivity contribution in [3.8, 4) is 0 Å². The lowest BCUT2D eigenvalue weighted by molar-refractivity contribution is 0.957. The molecule has 0 atom stereocenters. The fourth-order valence-electron chi connectivity index (χ4n) is 3.95. The number of hydrogen-bond donors (Lipinski definition) is 0. The van der Waals surface area contributed by atoms with E-state index in [2.05, 4.69) is 94.7 Å². The number of nitrogens with zero attached hydrogens (tertiary/aromatic N) is 2. The molecule has 122 valence electrons. The van der Waals surface area contributed by atoms with Crippen molar-refractivity contribution in [2.75, 3.05) is 29.6 Å². The van der Waals surface area contributed by atoms with E-state index in [1.54, 1.807) is 0 Å². The maximum atomic E-state index is 2.49. The zero-order valence-corrected chi connectivity index (χ0v) is 14.1. The Morgan fingerprint density at radius 2 is 0.920 bits per heavy atom. The van der Waals surface area contributed by atoms with E-state index >= 15 is 0 Å². The summed E-state index contributed by atoms with van der Waals surface area (Å²) in [6, 6.07) is 30.5. The first-order valence-electron chi connectivity index (χ1n) is 8.85. The molecule has 0 aliphatic carbocycles. The molecule has 4 aromatic rings. The summed E-state index contributed by atoms with van der Waals surface area (Å²) in [6.45, 7) is 3.04. The molecule has 2 nitrogen and oxygen atoms in total. The van der Waals surface area contributed by atoms with Gasteiger partial charge in [-0.2, -0.15) is 0 Å². The molecule has 0 aromatic heterocycles. The lowest BCUT2D eigenvalue weighted by atomic mass is 10.1. The summed E-state index contributed by atoms with van der Waals surface area (Å²) in [5.41, 5.74) is 2.67. The van der Waals surface area contributed by atoms with Gasteiger partial charge in [0.15, 0.2) is 0 Å². The van der Waals surface area contributed by atoms with Crippen molar-refractivity contribution in [1.82, 2.24) is 0 Å². The zero-order valence-electron chi connectivity index (χ0n) is 14.1. The van der Waals surface area contributed by atoms with Crippen LogP contribution >= 0.6 is 0 Å². The van der Waals surface area contributed by atoms with Crippen LogP contribution in [0.1, 0.15) is 0 Å². The molecule has 1 aliphatic rings. The quantitative estimate of drug-likeness (QED) is 0.495. The van der Waals surface area contributed by atoms with Crippen LogP contribution in [0.3, 0.4) is 0 Å². The molecular formula is C23H20N2. The van der Waals surface area contributed by atoms with Crippen LogP contribution < -0.4 is 9.80 Å². The Labute approximate surface area is 147 Å². The monoisotopic (exact) mass is 324 g/mol. The van der Waals surface area contributed by atoms with E-state index < -0.39 is 0 Å². The summed E-state index contributed by atoms with van der Waals surface area (Å²) < 4.78 is 0. The van der Waals surface area contributed by atoms with Crippen LogP contribution in [0.5, 0.6) is 0 Å². The van der Waals surface area contributed by atoms with E-state index in [1.165, 1.54) is 32.9 Å². The van der Waals surface area contributed by atoms with Gasteiger partial charge in [0.2, 0.25) is 0 Å². The van der Waals surface area contributed by atoms with Gasteiger partial charge in [-0.05, 0) is 22.9 Å². The Morgan fingerprint density at radius 1 is 0.480 bits per heavy atom. The van der Waals surface area contributed by atoms with Gasteiger partial charge in [-0.1, -0.05) is 72.8 Å². The van der Waals surface area contributed by atoms with Crippen LogP contribution in [-0.4, -0.2) is 19.8 Å². The van der Waals surface area contributed by atoms with Crippen LogP contribution in [0.15, 0.2) is 84.9 Å². The average Bonchev–Trinajstić information content (AvgIpc) is 3.17. The van der Waals surface area contributed by atoms with Crippen molar-refractivity contribution in [3.05, 3.63) is 84.9 Å². The van der Waals surface area contributed by atoms with Crippen molar-refractivity contribution in [2.24, 2.45) is 0 Å². The first-order chi connectivity index (χ1) is 12.4. The van der Waals surface area contributed by atoms with Crippen LogP contribution in [0.25, 0.3) is 21.5 Å².